The Morgan fingerprint density at radius 2 is 1.06 bits per heavy atom. The number of benzene rings is 6. The summed E-state index contributed by atoms with van der Waals surface area (Å²) in [6.45, 7) is 10.9. The first kappa shape index (κ1) is 35.9. The fraction of sp³-hybridized carbons (Fsp3) is 0.137. The first-order chi connectivity index (χ1) is 25.4. The average Bonchev–Trinajstić information content (AvgIpc) is 3.19. The highest BCUT2D eigenvalue weighted by Crippen LogP contribution is 2.35. The van der Waals surface area contributed by atoms with Gasteiger partial charge < -0.3 is 4.90 Å². The second-order valence-electron chi connectivity index (χ2n) is 13.6. The lowest BCUT2D eigenvalue weighted by molar-refractivity contribution is 0.962. The van der Waals surface area contributed by atoms with Crippen molar-refractivity contribution in [1.29, 1.82) is 0 Å². The molecule has 7 rings (SSSR count). The van der Waals surface area contributed by atoms with E-state index in [1.54, 1.807) is 0 Å². The van der Waals surface area contributed by atoms with Crippen molar-refractivity contribution in [3.05, 3.63) is 210 Å². The SMILES string of the molecule is C/C(=C\C=C(/C)N(c1ccc(-c2ccccc2)cc1)c1ccc(-c2ccc(C)c(-c3ccccc3C)c2)cc1)c1ccccc1.CC1=CC=CCC1. The van der Waals surface area contributed by atoms with E-state index in [2.05, 4.69) is 222 Å². The Balaban J connectivity index is 0.000000594. The number of hydrogen-bond donors (Lipinski definition) is 0. The molecule has 0 saturated heterocycles. The van der Waals surface area contributed by atoms with Gasteiger partial charge in [-0.15, -0.1) is 0 Å². The average molecular weight is 676 g/mol. The van der Waals surface area contributed by atoms with E-state index in [0.717, 1.165) is 17.1 Å². The molecule has 258 valence electrons. The molecular formula is C51H49N. The minimum Gasteiger partial charge on any atom is -0.315 e. The molecule has 6 aromatic carbocycles. The quantitative estimate of drug-likeness (QED) is 0.145. The van der Waals surface area contributed by atoms with E-state index in [-0.39, 0.29) is 0 Å². The number of nitrogens with zero attached hydrogens (tertiary/aromatic N) is 1. The fourth-order valence-electron chi connectivity index (χ4n) is 6.60. The monoisotopic (exact) mass is 675 g/mol. The third-order valence-electron chi connectivity index (χ3n) is 9.74. The molecule has 1 nitrogen and oxygen atoms in total. The van der Waals surface area contributed by atoms with Gasteiger partial charge in [0.15, 0.2) is 0 Å². The summed E-state index contributed by atoms with van der Waals surface area (Å²) >= 11 is 0. The molecule has 0 aliphatic heterocycles. The minimum atomic E-state index is 1.12. The molecule has 0 spiro atoms. The highest BCUT2D eigenvalue weighted by molar-refractivity contribution is 5.79. The van der Waals surface area contributed by atoms with Crippen LogP contribution in [-0.4, -0.2) is 0 Å². The summed E-state index contributed by atoms with van der Waals surface area (Å²) in [5, 5.41) is 0. The van der Waals surface area contributed by atoms with Crippen molar-refractivity contribution in [1.82, 2.24) is 0 Å². The molecule has 0 saturated carbocycles. The molecule has 0 radical (unpaired) electrons. The molecule has 0 bridgehead atoms. The van der Waals surface area contributed by atoms with Crippen LogP contribution in [0.15, 0.2) is 193 Å². The fourth-order valence-corrected chi connectivity index (χ4v) is 6.60. The van der Waals surface area contributed by atoms with Gasteiger partial charge in [-0.2, -0.15) is 0 Å². The van der Waals surface area contributed by atoms with Crippen molar-refractivity contribution in [2.45, 2.75) is 47.5 Å². The molecule has 0 N–H and O–H groups in total. The van der Waals surface area contributed by atoms with E-state index in [0.29, 0.717) is 0 Å². The predicted octanol–water partition coefficient (Wildman–Crippen LogP) is 14.7. The van der Waals surface area contributed by atoms with Crippen LogP contribution in [0.1, 0.15) is 50.3 Å². The Morgan fingerprint density at radius 1 is 0.519 bits per heavy atom. The molecule has 0 amide bonds. The van der Waals surface area contributed by atoms with Crippen molar-refractivity contribution in [3.8, 4) is 33.4 Å². The zero-order valence-corrected chi connectivity index (χ0v) is 31.2. The third-order valence-corrected chi connectivity index (χ3v) is 9.74. The topological polar surface area (TPSA) is 3.24 Å². The number of anilines is 2. The second kappa shape index (κ2) is 17.3. The summed E-state index contributed by atoms with van der Waals surface area (Å²) in [5.74, 6) is 0. The molecular weight excluding hydrogens is 627 g/mol. The highest BCUT2D eigenvalue weighted by Gasteiger charge is 2.13. The number of aryl methyl sites for hydroxylation is 2. The zero-order chi connectivity index (χ0) is 36.3. The lowest BCUT2D eigenvalue weighted by Crippen LogP contribution is -2.14. The lowest BCUT2D eigenvalue weighted by atomic mass is 9.93. The largest absolute Gasteiger partial charge is 0.315 e. The van der Waals surface area contributed by atoms with Gasteiger partial charge in [0.1, 0.15) is 0 Å². The van der Waals surface area contributed by atoms with Crippen LogP contribution in [-0.2, 0) is 0 Å². The molecule has 52 heavy (non-hydrogen) atoms. The normalized spacial score (nSPS) is 12.8. The van der Waals surface area contributed by atoms with Crippen molar-refractivity contribution >= 4 is 16.9 Å². The number of allylic oxidation sites excluding steroid dienone is 8. The maximum atomic E-state index is 2.33. The van der Waals surface area contributed by atoms with E-state index in [4.69, 9.17) is 0 Å². The van der Waals surface area contributed by atoms with Gasteiger partial charge in [-0.05, 0) is 140 Å². The van der Waals surface area contributed by atoms with Gasteiger partial charge in [0.05, 0.1) is 0 Å². The van der Waals surface area contributed by atoms with Crippen LogP contribution >= 0.6 is 0 Å². The molecule has 0 heterocycles. The van der Waals surface area contributed by atoms with Crippen molar-refractivity contribution < 1.29 is 0 Å². The van der Waals surface area contributed by atoms with Crippen LogP contribution in [0.3, 0.4) is 0 Å². The molecule has 0 unspecified atom stereocenters. The predicted molar refractivity (Wildman–Crippen MR) is 227 cm³/mol. The summed E-state index contributed by atoms with van der Waals surface area (Å²) < 4.78 is 0. The summed E-state index contributed by atoms with van der Waals surface area (Å²) in [6.07, 6.45) is 13.4. The van der Waals surface area contributed by atoms with Crippen LogP contribution in [0.25, 0.3) is 39.0 Å². The minimum absolute atomic E-state index is 1.12. The van der Waals surface area contributed by atoms with E-state index >= 15 is 0 Å². The number of hydrogen-bond acceptors (Lipinski definition) is 1. The van der Waals surface area contributed by atoms with Crippen molar-refractivity contribution in [2.24, 2.45) is 0 Å². The van der Waals surface area contributed by atoms with Crippen LogP contribution in [0.5, 0.6) is 0 Å². The van der Waals surface area contributed by atoms with Gasteiger partial charge in [0, 0.05) is 17.1 Å². The van der Waals surface area contributed by atoms with E-state index in [9.17, 15) is 0 Å². The second-order valence-corrected chi connectivity index (χ2v) is 13.6. The Hall–Kier alpha value is -5.92. The summed E-state index contributed by atoms with van der Waals surface area (Å²) in [7, 11) is 0. The maximum Gasteiger partial charge on any atom is 0.0458 e. The Bertz CT molecular complexity index is 2200. The lowest BCUT2D eigenvalue weighted by Gasteiger charge is -2.26. The molecule has 0 fully saturated rings. The summed E-state index contributed by atoms with van der Waals surface area (Å²) in [6, 6.07) is 54.3. The van der Waals surface area contributed by atoms with E-state index in [1.807, 2.05) is 0 Å². The molecule has 0 aromatic heterocycles. The summed E-state index contributed by atoms with van der Waals surface area (Å²) in [4.78, 5) is 2.33. The van der Waals surface area contributed by atoms with Crippen molar-refractivity contribution in [2.75, 3.05) is 4.90 Å². The van der Waals surface area contributed by atoms with Crippen molar-refractivity contribution in [3.63, 3.8) is 0 Å². The molecule has 6 aromatic rings. The van der Waals surface area contributed by atoms with Gasteiger partial charge in [-0.1, -0.05) is 151 Å². The van der Waals surface area contributed by atoms with Gasteiger partial charge in [0.2, 0.25) is 0 Å². The molecule has 1 heteroatoms. The maximum absolute atomic E-state index is 2.33. The first-order valence-electron chi connectivity index (χ1n) is 18.3. The standard InChI is InChI=1S/C44H39N.C7H10/c1-32(36-14-7-5-8-15-36)19-21-35(4)45(41-27-23-38(24-28-41)37-16-9-6-10-17-37)42-29-25-39(26-30-42)40-22-20-34(3)44(31-40)43-18-12-11-13-33(43)2;1-7-5-3-2-4-6-7/h5-31H,1-4H3;2-3,5H,4,6H2,1H3/b32-19+,35-21+;. The zero-order valence-electron chi connectivity index (χ0n) is 31.2. The first-order valence-corrected chi connectivity index (χ1v) is 18.3. The van der Waals surface area contributed by atoms with Crippen LogP contribution in [0, 0.1) is 13.8 Å². The smallest absolute Gasteiger partial charge is 0.0458 e. The number of rotatable bonds is 8. The van der Waals surface area contributed by atoms with E-state index < -0.39 is 0 Å². The van der Waals surface area contributed by atoms with Gasteiger partial charge in [0.25, 0.3) is 0 Å². The summed E-state index contributed by atoms with van der Waals surface area (Å²) in [5.41, 5.74) is 17.4. The Kier molecular flexibility index (Phi) is 12.0. The third kappa shape index (κ3) is 9.05. The molecule has 1 aliphatic rings. The van der Waals surface area contributed by atoms with Crippen LogP contribution in [0.2, 0.25) is 0 Å². The van der Waals surface area contributed by atoms with Gasteiger partial charge >= 0.3 is 0 Å². The van der Waals surface area contributed by atoms with E-state index in [1.165, 1.54) is 74.1 Å². The van der Waals surface area contributed by atoms with Crippen LogP contribution < -0.4 is 4.90 Å². The Morgan fingerprint density at radius 3 is 1.63 bits per heavy atom. The molecule has 0 atom stereocenters. The van der Waals surface area contributed by atoms with Gasteiger partial charge in [-0.25, -0.2) is 0 Å². The highest BCUT2D eigenvalue weighted by atomic mass is 15.1. The Labute approximate surface area is 311 Å². The van der Waals surface area contributed by atoms with Crippen LogP contribution in [0.4, 0.5) is 11.4 Å². The molecule has 1 aliphatic carbocycles. The van der Waals surface area contributed by atoms with Gasteiger partial charge in [-0.3, -0.25) is 0 Å².